The van der Waals surface area contributed by atoms with Gasteiger partial charge in [-0.1, -0.05) is 75.3 Å². The Kier molecular flexibility index (Phi) is 24.2. The van der Waals surface area contributed by atoms with Gasteiger partial charge in [-0.15, -0.1) is 0 Å². The monoisotopic (exact) mass is 614 g/mol. The number of likely N-dealkylation sites (N-methyl/N-ethyl adjacent to an activating group) is 1. The van der Waals surface area contributed by atoms with Gasteiger partial charge >= 0.3 is 19.8 Å². The number of rotatable bonds is 26. The van der Waals surface area contributed by atoms with Crippen molar-refractivity contribution in [1.29, 1.82) is 0 Å². The topological polar surface area (TPSA) is 108 Å². The highest BCUT2D eigenvalue weighted by atomic mass is 31.2. The van der Waals surface area contributed by atoms with Crippen LogP contribution in [0.5, 0.6) is 0 Å². The van der Waals surface area contributed by atoms with Crippen molar-refractivity contribution in [2.24, 2.45) is 0 Å². The predicted molar refractivity (Wildman–Crippen MR) is 169 cm³/mol. The number of allylic oxidation sites excluding steroid dienone is 8. The van der Waals surface area contributed by atoms with E-state index in [2.05, 4.69) is 55.5 Å². The highest BCUT2D eigenvalue weighted by Crippen LogP contribution is 2.43. The van der Waals surface area contributed by atoms with Gasteiger partial charge in [0.1, 0.15) is 19.8 Å². The van der Waals surface area contributed by atoms with Crippen LogP contribution in [0.25, 0.3) is 0 Å². The van der Waals surface area contributed by atoms with Crippen molar-refractivity contribution in [2.45, 2.75) is 97.0 Å². The summed E-state index contributed by atoms with van der Waals surface area (Å²) in [5, 5.41) is 0. The molecule has 0 spiro atoms. The molecule has 0 rings (SSSR count). The van der Waals surface area contributed by atoms with Gasteiger partial charge in [-0.3, -0.25) is 18.6 Å². The van der Waals surface area contributed by atoms with E-state index in [-0.39, 0.29) is 26.1 Å². The summed E-state index contributed by atoms with van der Waals surface area (Å²) < 4.78 is 33.6. The van der Waals surface area contributed by atoms with Crippen LogP contribution in [-0.2, 0) is 32.7 Å². The zero-order valence-electron chi connectivity index (χ0n) is 26.7. The third kappa shape index (κ3) is 28.1. The lowest BCUT2D eigenvalue weighted by atomic mass is 10.2. The summed E-state index contributed by atoms with van der Waals surface area (Å²) in [6.45, 7) is 4.01. The zero-order valence-corrected chi connectivity index (χ0v) is 27.6. The molecule has 1 N–H and O–H groups in total. The number of carbonyl (C=O) groups excluding carboxylic acids is 2. The van der Waals surface area contributed by atoms with E-state index in [0.717, 1.165) is 51.4 Å². The maximum Gasteiger partial charge on any atom is 0.472 e. The second kappa shape index (κ2) is 25.5. The highest BCUT2D eigenvalue weighted by Gasteiger charge is 2.27. The maximum atomic E-state index is 12.4. The van der Waals surface area contributed by atoms with Crippen molar-refractivity contribution in [3.05, 3.63) is 48.6 Å². The van der Waals surface area contributed by atoms with Gasteiger partial charge in [0.05, 0.1) is 27.7 Å². The highest BCUT2D eigenvalue weighted by molar-refractivity contribution is 7.47. The summed E-state index contributed by atoms with van der Waals surface area (Å²) >= 11 is 0. The molecule has 0 fully saturated rings. The minimum atomic E-state index is -4.36. The van der Waals surface area contributed by atoms with Gasteiger partial charge in [0, 0.05) is 12.8 Å². The largest absolute Gasteiger partial charge is 0.472 e. The number of hydrogen-bond donors (Lipinski definition) is 1. The molecule has 0 saturated carbocycles. The summed E-state index contributed by atoms with van der Waals surface area (Å²) in [7, 11) is 1.43. The first-order chi connectivity index (χ1) is 20.0. The quantitative estimate of drug-likeness (QED) is 0.0358. The van der Waals surface area contributed by atoms with E-state index in [1.54, 1.807) is 0 Å². The number of hydrogen-bond acceptors (Lipinski definition) is 7. The molecule has 0 saturated heterocycles. The van der Waals surface area contributed by atoms with E-state index in [1.165, 1.54) is 0 Å². The smallest absolute Gasteiger partial charge is 0.462 e. The van der Waals surface area contributed by atoms with Crippen LogP contribution < -0.4 is 0 Å². The van der Waals surface area contributed by atoms with E-state index in [1.807, 2.05) is 28.1 Å². The molecule has 10 heteroatoms. The van der Waals surface area contributed by atoms with Crippen molar-refractivity contribution < 1.29 is 42.1 Å². The molecular weight excluding hydrogens is 557 g/mol. The van der Waals surface area contributed by atoms with Gasteiger partial charge in [0.2, 0.25) is 0 Å². The van der Waals surface area contributed by atoms with Crippen LogP contribution in [-0.4, -0.2) is 74.9 Å². The molecule has 0 aliphatic rings. The molecule has 0 bridgehead atoms. The first-order valence-electron chi connectivity index (χ1n) is 15.4. The second-order valence-corrected chi connectivity index (χ2v) is 12.6. The predicted octanol–water partition coefficient (Wildman–Crippen LogP) is 7.23. The van der Waals surface area contributed by atoms with Crippen LogP contribution in [0.4, 0.5) is 0 Å². The lowest BCUT2D eigenvalue weighted by molar-refractivity contribution is -0.870. The maximum absolute atomic E-state index is 12.4. The SMILES string of the molecule is CC/C=C\C/C=C\C/C=C\C/C=C\CCCCC(=O)OC(COC(=O)CCCCC)COP(=O)(O)OCC[N+](C)(C)C. The molecule has 9 nitrogen and oxygen atoms in total. The number of carbonyl (C=O) groups is 2. The first-order valence-corrected chi connectivity index (χ1v) is 16.9. The standard InChI is InChI=1S/C32H56NO8P/c1-6-8-10-11-12-13-14-15-16-17-18-19-20-21-23-25-32(35)41-30(28-38-31(34)24-22-9-7-2)29-40-42(36,37)39-27-26-33(3,4)5/h8,10,12-13,15-16,18-19,30H,6-7,9,11,14,17,20-29H2,1-5H3/p+1/b10-8-,13-12-,16-15-,19-18-. The fourth-order valence-electron chi connectivity index (χ4n) is 3.41. The fourth-order valence-corrected chi connectivity index (χ4v) is 4.15. The van der Waals surface area contributed by atoms with Gasteiger partial charge in [-0.05, 0) is 51.4 Å². The molecule has 0 amide bonds. The van der Waals surface area contributed by atoms with Gasteiger partial charge in [-0.2, -0.15) is 0 Å². The minimum Gasteiger partial charge on any atom is -0.462 e. The fraction of sp³-hybridized carbons (Fsp3) is 0.688. The molecule has 0 aromatic heterocycles. The van der Waals surface area contributed by atoms with Crippen molar-refractivity contribution in [2.75, 3.05) is 47.5 Å². The third-order valence-corrected chi connectivity index (χ3v) is 6.86. The molecule has 0 aliphatic carbocycles. The van der Waals surface area contributed by atoms with E-state index in [0.29, 0.717) is 23.9 Å². The first kappa shape index (κ1) is 40.0. The Morgan fingerprint density at radius 2 is 1.33 bits per heavy atom. The molecule has 242 valence electrons. The van der Waals surface area contributed by atoms with Gasteiger partial charge in [-0.25, -0.2) is 4.57 Å². The third-order valence-electron chi connectivity index (χ3n) is 5.87. The molecule has 0 heterocycles. The Morgan fingerprint density at radius 3 is 1.93 bits per heavy atom. The van der Waals surface area contributed by atoms with Crippen LogP contribution >= 0.6 is 7.82 Å². The minimum absolute atomic E-state index is 0.0213. The van der Waals surface area contributed by atoms with Crippen molar-refractivity contribution in [3.8, 4) is 0 Å². The number of phosphoric ester groups is 1. The Morgan fingerprint density at radius 1 is 0.762 bits per heavy atom. The number of phosphoric acid groups is 1. The van der Waals surface area contributed by atoms with Crippen LogP contribution in [0.2, 0.25) is 0 Å². The number of esters is 2. The van der Waals surface area contributed by atoms with Crippen LogP contribution in [0.1, 0.15) is 90.9 Å². The summed E-state index contributed by atoms with van der Waals surface area (Å²) in [6.07, 6.45) is 25.4. The van der Waals surface area contributed by atoms with Crippen molar-refractivity contribution in [3.63, 3.8) is 0 Å². The Balaban J connectivity index is 4.48. The Labute approximate surface area is 254 Å². The van der Waals surface area contributed by atoms with Gasteiger partial charge < -0.3 is 18.9 Å². The zero-order chi connectivity index (χ0) is 31.5. The van der Waals surface area contributed by atoms with Gasteiger partial charge in [0.15, 0.2) is 6.10 Å². The van der Waals surface area contributed by atoms with Crippen molar-refractivity contribution in [1.82, 2.24) is 0 Å². The van der Waals surface area contributed by atoms with E-state index >= 15 is 0 Å². The van der Waals surface area contributed by atoms with Crippen molar-refractivity contribution >= 4 is 19.8 Å². The number of unbranched alkanes of at least 4 members (excludes halogenated alkanes) is 4. The number of nitrogens with zero attached hydrogens (tertiary/aromatic N) is 1. The molecule has 0 aliphatic heterocycles. The Hall–Kier alpha value is -2.03. The Bertz CT molecular complexity index is 876. The van der Waals surface area contributed by atoms with Crippen LogP contribution in [0.3, 0.4) is 0 Å². The summed E-state index contributed by atoms with van der Waals surface area (Å²) in [5.41, 5.74) is 0. The number of ether oxygens (including phenoxy) is 2. The van der Waals surface area contributed by atoms with Crippen LogP contribution in [0, 0.1) is 0 Å². The molecule has 0 aromatic rings. The summed E-state index contributed by atoms with van der Waals surface area (Å²) in [6, 6.07) is 0. The average Bonchev–Trinajstić information content (AvgIpc) is 2.91. The van der Waals surface area contributed by atoms with Gasteiger partial charge in [0.25, 0.3) is 0 Å². The van der Waals surface area contributed by atoms with Crippen LogP contribution in [0.15, 0.2) is 48.6 Å². The molecule has 0 radical (unpaired) electrons. The molecular formula is C32H57NO8P+. The molecule has 2 atom stereocenters. The number of quaternary nitrogens is 1. The van der Waals surface area contributed by atoms with E-state index < -0.39 is 32.5 Å². The lowest BCUT2D eigenvalue weighted by Gasteiger charge is -2.24. The lowest BCUT2D eigenvalue weighted by Crippen LogP contribution is -2.37. The molecule has 42 heavy (non-hydrogen) atoms. The van der Waals surface area contributed by atoms with E-state index in [4.69, 9.17) is 18.5 Å². The molecule has 0 aromatic carbocycles. The summed E-state index contributed by atoms with van der Waals surface area (Å²) in [4.78, 5) is 34.5. The molecule has 2 unspecified atom stereocenters. The second-order valence-electron chi connectivity index (χ2n) is 11.1. The van der Waals surface area contributed by atoms with E-state index in [9.17, 15) is 19.0 Å². The average molecular weight is 615 g/mol. The normalized spacial score (nSPS) is 14.7. The summed E-state index contributed by atoms with van der Waals surface area (Å²) in [5.74, 6) is -0.886.